The summed E-state index contributed by atoms with van der Waals surface area (Å²) in [6, 6.07) is 0. The molecule has 3 N–H and O–H groups in total. The van der Waals surface area contributed by atoms with Crippen LogP contribution in [0.25, 0.3) is 0 Å². The summed E-state index contributed by atoms with van der Waals surface area (Å²) in [6.45, 7) is 11.8. The highest BCUT2D eigenvalue weighted by Crippen LogP contribution is 2.45. The number of carbonyl (C=O) groups excluding carboxylic acids is 4. The fraction of sp³-hybridized carbons (Fsp3) is 0.943. The van der Waals surface area contributed by atoms with E-state index in [1.807, 2.05) is 0 Å². The van der Waals surface area contributed by atoms with Gasteiger partial charge in [0.25, 0.3) is 0 Å². The molecule has 0 aliphatic heterocycles. The first kappa shape index (κ1) is 87.1. The van der Waals surface area contributed by atoms with Gasteiger partial charge in [0, 0.05) is 25.7 Å². The molecular weight excluding hydrogens is 1170 g/mol. The lowest BCUT2D eigenvalue weighted by Crippen LogP contribution is -2.30. The maximum Gasteiger partial charge on any atom is 0.472 e. The maximum absolute atomic E-state index is 13.0. The van der Waals surface area contributed by atoms with Crippen LogP contribution < -0.4 is 0 Å². The highest BCUT2D eigenvalue weighted by atomic mass is 31.2. The number of phosphoric ester groups is 2. The van der Waals surface area contributed by atoms with E-state index in [0.29, 0.717) is 25.7 Å². The van der Waals surface area contributed by atoms with Gasteiger partial charge >= 0.3 is 39.5 Å². The van der Waals surface area contributed by atoms with E-state index in [1.54, 1.807) is 0 Å². The SMILES string of the molecule is CCCCCCCC(=O)OC[C@H](COP(=O)(O)OC[C@H](O)COP(=O)(O)OC[C@@H](COC(=O)CCCCCCCCCCCCCC(C)C)OC(=O)CCCCCCCCCCCCCCCCCC(C)C)OC(=O)CCCCCCCCCCCC(C)C. The minimum Gasteiger partial charge on any atom is -0.462 e. The molecule has 17 nitrogen and oxygen atoms in total. The topological polar surface area (TPSA) is 237 Å². The number of aliphatic hydroxyl groups excluding tert-OH is 1. The average molecular weight is 1310 g/mol. The van der Waals surface area contributed by atoms with Gasteiger partial charge in [0.1, 0.15) is 19.3 Å². The monoisotopic (exact) mass is 1310 g/mol. The second-order valence-electron chi connectivity index (χ2n) is 26.7. The lowest BCUT2D eigenvalue weighted by Gasteiger charge is -2.21. The van der Waals surface area contributed by atoms with Crippen LogP contribution in [0.5, 0.6) is 0 Å². The van der Waals surface area contributed by atoms with Crippen LogP contribution in [0.2, 0.25) is 0 Å². The van der Waals surface area contributed by atoms with Crippen molar-refractivity contribution in [3.8, 4) is 0 Å². The van der Waals surface area contributed by atoms with E-state index in [0.717, 1.165) is 114 Å². The number of unbranched alkanes of at least 4 members (excludes halogenated alkanes) is 36. The average Bonchev–Trinajstić information content (AvgIpc) is 3.51. The van der Waals surface area contributed by atoms with Crippen molar-refractivity contribution in [3.05, 3.63) is 0 Å². The quantitative estimate of drug-likeness (QED) is 0.0222. The normalized spacial score (nSPS) is 14.2. The number of hydrogen-bond donors (Lipinski definition) is 3. The van der Waals surface area contributed by atoms with Gasteiger partial charge in [-0.1, -0.05) is 299 Å². The second kappa shape index (κ2) is 61.0. The molecule has 0 aliphatic rings. The lowest BCUT2D eigenvalue weighted by molar-refractivity contribution is -0.161. The summed E-state index contributed by atoms with van der Waals surface area (Å²) in [5, 5.41) is 10.6. The molecule has 0 fully saturated rings. The van der Waals surface area contributed by atoms with Crippen molar-refractivity contribution < 1.29 is 80.2 Å². The molecule has 0 aromatic carbocycles. The van der Waals surface area contributed by atoms with Gasteiger partial charge < -0.3 is 33.8 Å². The molecule has 0 spiro atoms. The third-order valence-corrected chi connectivity index (χ3v) is 18.0. The maximum atomic E-state index is 13.0. The van der Waals surface area contributed by atoms with Gasteiger partial charge in [0.2, 0.25) is 0 Å². The molecule has 5 atom stereocenters. The van der Waals surface area contributed by atoms with Crippen LogP contribution >= 0.6 is 15.6 Å². The summed E-state index contributed by atoms with van der Waals surface area (Å²) >= 11 is 0. The molecule has 528 valence electrons. The number of phosphoric acid groups is 2. The van der Waals surface area contributed by atoms with Crippen molar-refractivity contribution in [2.75, 3.05) is 39.6 Å². The fourth-order valence-electron chi connectivity index (χ4n) is 10.5. The Morgan fingerprint density at radius 2 is 0.517 bits per heavy atom. The number of aliphatic hydroxyl groups is 1. The molecule has 0 amide bonds. The molecule has 0 rings (SSSR count). The minimum atomic E-state index is -4.95. The van der Waals surface area contributed by atoms with Crippen molar-refractivity contribution in [1.29, 1.82) is 0 Å². The van der Waals surface area contributed by atoms with E-state index in [4.69, 9.17) is 37.0 Å². The smallest absolute Gasteiger partial charge is 0.462 e. The summed E-state index contributed by atoms with van der Waals surface area (Å²) in [7, 11) is -9.89. The highest BCUT2D eigenvalue weighted by Gasteiger charge is 2.30. The number of hydrogen-bond acceptors (Lipinski definition) is 15. The number of esters is 4. The minimum absolute atomic E-state index is 0.104. The van der Waals surface area contributed by atoms with E-state index in [1.165, 1.54) is 154 Å². The van der Waals surface area contributed by atoms with Crippen LogP contribution in [0.3, 0.4) is 0 Å². The predicted molar refractivity (Wildman–Crippen MR) is 358 cm³/mol. The lowest BCUT2D eigenvalue weighted by atomic mass is 10.0. The Bertz CT molecular complexity index is 1750. The Hall–Kier alpha value is -1.94. The molecule has 2 unspecified atom stereocenters. The standard InChI is InChI=1S/C70H136O17P2/c1-8-9-10-34-44-51-67(72)80-57-65(86-70(75)54-47-40-33-27-21-24-30-37-43-50-63(6)7)59-84-88(76,77)82-55-64(71)56-83-89(78,79)85-60-66(58-81-68(73)52-45-38-31-25-20-16-18-23-29-36-42-49-62(4)5)87-69(74)53-46-39-32-26-19-15-13-11-12-14-17-22-28-35-41-48-61(2)3/h61-66,71H,8-60H2,1-7H3,(H,76,77)(H,78,79)/t64-,65+,66+/m0/s1. The van der Waals surface area contributed by atoms with E-state index >= 15 is 0 Å². The van der Waals surface area contributed by atoms with Crippen molar-refractivity contribution in [3.63, 3.8) is 0 Å². The van der Waals surface area contributed by atoms with Gasteiger partial charge in [-0.2, -0.15) is 0 Å². The Kier molecular flexibility index (Phi) is 59.6. The highest BCUT2D eigenvalue weighted by molar-refractivity contribution is 7.47. The van der Waals surface area contributed by atoms with Crippen LogP contribution in [0, 0.1) is 17.8 Å². The Morgan fingerprint density at radius 3 is 0.764 bits per heavy atom. The summed E-state index contributed by atoms with van der Waals surface area (Å²) < 4.78 is 68.1. The zero-order valence-electron chi connectivity index (χ0n) is 57.9. The summed E-state index contributed by atoms with van der Waals surface area (Å²) in [5.74, 6) is 0.173. The molecule has 0 saturated carbocycles. The van der Waals surface area contributed by atoms with Crippen LogP contribution in [0.15, 0.2) is 0 Å². The van der Waals surface area contributed by atoms with Gasteiger partial charge in [-0.15, -0.1) is 0 Å². The van der Waals surface area contributed by atoms with Gasteiger partial charge in [-0.25, -0.2) is 9.13 Å². The molecule has 19 heteroatoms. The Balaban J connectivity index is 5.16. The number of rotatable bonds is 68. The predicted octanol–water partition coefficient (Wildman–Crippen LogP) is 19.8. The number of ether oxygens (including phenoxy) is 4. The first-order valence-corrected chi connectivity index (χ1v) is 39.3. The van der Waals surface area contributed by atoms with Gasteiger partial charge in [-0.3, -0.25) is 37.3 Å². The summed E-state index contributed by atoms with van der Waals surface area (Å²) in [4.78, 5) is 72.3. The fourth-order valence-corrected chi connectivity index (χ4v) is 12.1. The van der Waals surface area contributed by atoms with Gasteiger partial charge in [0.05, 0.1) is 26.4 Å². The Labute approximate surface area is 543 Å². The largest absolute Gasteiger partial charge is 0.472 e. The molecule has 0 aromatic heterocycles. The summed E-state index contributed by atoms with van der Waals surface area (Å²) in [6.07, 6.45) is 44.8. The first-order valence-electron chi connectivity index (χ1n) is 36.3. The second-order valence-corrected chi connectivity index (χ2v) is 29.6. The zero-order chi connectivity index (χ0) is 65.9. The van der Waals surface area contributed by atoms with E-state index in [2.05, 4.69) is 48.5 Å². The molecule has 0 heterocycles. The first-order chi connectivity index (χ1) is 42.7. The summed E-state index contributed by atoms with van der Waals surface area (Å²) in [5.41, 5.74) is 0. The molecule has 0 aliphatic carbocycles. The molecule has 0 radical (unpaired) electrons. The van der Waals surface area contributed by atoms with Crippen molar-refractivity contribution in [1.82, 2.24) is 0 Å². The van der Waals surface area contributed by atoms with E-state index in [9.17, 15) is 43.2 Å². The van der Waals surface area contributed by atoms with Gasteiger partial charge in [0.15, 0.2) is 12.2 Å². The van der Waals surface area contributed by atoms with Gasteiger partial charge in [-0.05, 0) is 43.4 Å². The van der Waals surface area contributed by atoms with Crippen LogP contribution in [-0.2, 0) is 65.4 Å². The third kappa shape index (κ3) is 64.6. The van der Waals surface area contributed by atoms with E-state index < -0.39 is 97.5 Å². The zero-order valence-corrected chi connectivity index (χ0v) is 59.7. The van der Waals surface area contributed by atoms with Crippen molar-refractivity contribution in [2.45, 2.75) is 369 Å². The molecule has 0 aromatic rings. The van der Waals surface area contributed by atoms with E-state index in [-0.39, 0.29) is 25.7 Å². The third-order valence-electron chi connectivity index (χ3n) is 16.1. The van der Waals surface area contributed by atoms with Crippen molar-refractivity contribution >= 4 is 39.5 Å². The Morgan fingerprint density at radius 1 is 0.303 bits per heavy atom. The molecular formula is C70H136O17P2. The number of carbonyl (C=O) groups is 4. The molecule has 0 saturated heterocycles. The van der Waals surface area contributed by atoms with Crippen LogP contribution in [0.1, 0.15) is 350 Å². The van der Waals surface area contributed by atoms with Crippen molar-refractivity contribution in [2.24, 2.45) is 17.8 Å². The molecule has 0 bridgehead atoms. The van der Waals surface area contributed by atoms with Crippen LogP contribution in [0.4, 0.5) is 0 Å². The van der Waals surface area contributed by atoms with Crippen LogP contribution in [-0.4, -0.2) is 96.7 Å². The molecule has 89 heavy (non-hydrogen) atoms.